The number of thiazole rings is 1. The third kappa shape index (κ3) is 6.75. The van der Waals surface area contributed by atoms with E-state index in [4.69, 9.17) is 4.74 Å². The Bertz CT molecular complexity index is 731. The lowest BCUT2D eigenvalue weighted by Crippen LogP contribution is -2.17. The number of nitrogens with zero attached hydrogens (tertiary/aromatic N) is 1. The molecule has 1 aromatic heterocycles. The van der Waals surface area contributed by atoms with E-state index in [0.29, 0.717) is 17.4 Å². The van der Waals surface area contributed by atoms with Crippen LogP contribution in [-0.2, 0) is 16.0 Å². The second-order valence-corrected chi connectivity index (χ2v) is 7.46. The van der Waals surface area contributed by atoms with Crippen LogP contribution in [0.4, 0.5) is 15.6 Å². The number of hydrogen-bond donors (Lipinski definition) is 2. The number of rotatable bonds is 7. The molecule has 0 fully saturated rings. The fourth-order valence-electron chi connectivity index (χ4n) is 1.88. The molecule has 0 saturated carbocycles. The molecule has 0 aliphatic heterocycles. The van der Waals surface area contributed by atoms with E-state index >= 15 is 0 Å². The van der Waals surface area contributed by atoms with Gasteiger partial charge in [-0.25, -0.2) is 9.78 Å². The fraction of sp³-hybridized carbons (Fsp3) is 0.353. The first kappa shape index (κ1) is 19.3. The molecule has 0 aliphatic rings. The summed E-state index contributed by atoms with van der Waals surface area (Å²) in [4.78, 5) is 29.0. The van der Waals surface area contributed by atoms with Crippen LogP contribution in [0.1, 0.15) is 19.5 Å². The summed E-state index contributed by atoms with van der Waals surface area (Å²) in [5.74, 6) is 0.114. The van der Waals surface area contributed by atoms with E-state index < -0.39 is 6.09 Å². The quantitative estimate of drug-likeness (QED) is 0.703. The first-order chi connectivity index (χ1) is 12.0. The molecule has 6 nitrogen and oxygen atoms in total. The number of hydrogen-bond acceptors (Lipinski definition) is 6. The number of aromatic nitrogens is 1. The fourth-order valence-corrected chi connectivity index (χ4v) is 3.04. The minimum atomic E-state index is -0.534. The van der Waals surface area contributed by atoms with Gasteiger partial charge in [0, 0.05) is 16.0 Å². The van der Waals surface area contributed by atoms with Gasteiger partial charge < -0.3 is 10.1 Å². The number of amides is 2. The molecule has 0 bridgehead atoms. The summed E-state index contributed by atoms with van der Waals surface area (Å²) in [5.41, 5.74) is 1.35. The predicted molar refractivity (Wildman–Crippen MR) is 102 cm³/mol. The zero-order valence-corrected chi connectivity index (χ0v) is 16.0. The van der Waals surface area contributed by atoms with Crippen molar-refractivity contribution in [2.24, 2.45) is 5.92 Å². The molecular weight excluding hydrogens is 358 g/mol. The molecule has 2 amide bonds. The minimum Gasteiger partial charge on any atom is -0.449 e. The van der Waals surface area contributed by atoms with Crippen LogP contribution in [-0.4, -0.2) is 29.8 Å². The molecule has 0 saturated heterocycles. The van der Waals surface area contributed by atoms with Gasteiger partial charge in [-0.05, 0) is 30.4 Å². The van der Waals surface area contributed by atoms with Gasteiger partial charge in [0.1, 0.15) is 0 Å². The highest BCUT2D eigenvalue weighted by Gasteiger charge is 2.11. The summed E-state index contributed by atoms with van der Waals surface area (Å²) in [5, 5.41) is 7.58. The SMILES string of the molecule is CSc1cccc(NC(=O)Cc2csc(NC(=O)OCC(C)C)n2)c1. The maximum absolute atomic E-state index is 12.1. The molecule has 0 spiro atoms. The Balaban J connectivity index is 1.85. The Kier molecular flexibility index (Phi) is 7.27. The number of anilines is 2. The Morgan fingerprint density at radius 1 is 1.32 bits per heavy atom. The van der Waals surface area contributed by atoms with Crippen molar-refractivity contribution in [1.29, 1.82) is 0 Å². The van der Waals surface area contributed by atoms with E-state index in [1.807, 2.05) is 44.4 Å². The average Bonchev–Trinajstić information content (AvgIpc) is 2.99. The highest BCUT2D eigenvalue weighted by Crippen LogP contribution is 2.20. The van der Waals surface area contributed by atoms with Gasteiger partial charge in [0.15, 0.2) is 5.13 Å². The standard InChI is InChI=1S/C17H21N3O3S2/c1-11(2)9-23-17(22)20-16-19-13(10-25-16)8-15(21)18-12-5-4-6-14(7-12)24-3/h4-7,10-11H,8-9H2,1-3H3,(H,18,21)(H,19,20,22). The Morgan fingerprint density at radius 3 is 2.84 bits per heavy atom. The molecular formula is C17H21N3O3S2. The Labute approximate surface area is 155 Å². The van der Waals surface area contributed by atoms with Crippen molar-refractivity contribution in [2.75, 3.05) is 23.5 Å². The van der Waals surface area contributed by atoms with Crippen LogP contribution in [0.3, 0.4) is 0 Å². The van der Waals surface area contributed by atoms with Gasteiger partial charge in [0.2, 0.25) is 5.91 Å². The highest BCUT2D eigenvalue weighted by atomic mass is 32.2. The summed E-state index contributed by atoms with van der Waals surface area (Å²) in [6.45, 7) is 4.27. The molecule has 2 aromatic rings. The van der Waals surface area contributed by atoms with Crippen LogP contribution in [0.15, 0.2) is 34.5 Å². The van der Waals surface area contributed by atoms with Crippen molar-refractivity contribution in [2.45, 2.75) is 25.2 Å². The van der Waals surface area contributed by atoms with Crippen molar-refractivity contribution in [3.63, 3.8) is 0 Å². The number of nitrogens with one attached hydrogen (secondary N) is 2. The molecule has 2 rings (SSSR count). The largest absolute Gasteiger partial charge is 0.449 e. The number of thioether (sulfide) groups is 1. The molecule has 25 heavy (non-hydrogen) atoms. The monoisotopic (exact) mass is 379 g/mol. The Morgan fingerprint density at radius 2 is 2.12 bits per heavy atom. The number of carbonyl (C=O) groups excluding carboxylic acids is 2. The smallest absolute Gasteiger partial charge is 0.413 e. The van der Waals surface area contributed by atoms with Crippen LogP contribution >= 0.6 is 23.1 Å². The minimum absolute atomic E-state index is 0.142. The van der Waals surface area contributed by atoms with Crippen LogP contribution in [0.25, 0.3) is 0 Å². The second kappa shape index (κ2) is 9.43. The molecule has 8 heteroatoms. The van der Waals surface area contributed by atoms with E-state index in [9.17, 15) is 9.59 Å². The van der Waals surface area contributed by atoms with E-state index in [1.54, 1.807) is 17.1 Å². The number of carbonyl (C=O) groups is 2. The van der Waals surface area contributed by atoms with Crippen LogP contribution < -0.4 is 10.6 Å². The average molecular weight is 380 g/mol. The maximum Gasteiger partial charge on any atom is 0.413 e. The predicted octanol–water partition coefficient (Wildman–Crippen LogP) is 4.25. The van der Waals surface area contributed by atoms with E-state index in [2.05, 4.69) is 15.6 Å². The first-order valence-corrected chi connectivity index (χ1v) is 9.88. The van der Waals surface area contributed by atoms with Gasteiger partial charge in [-0.15, -0.1) is 23.1 Å². The third-order valence-corrected chi connectivity index (χ3v) is 4.54. The lowest BCUT2D eigenvalue weighted by molar-refractivity contribution is -0.115. The zero-order chi connectivity index (χ0) is 18.2. The summed E-state index contributed by atoms with van der Waals surface area (Å²) < 4.78 is 5.03. The molecule has 0 atom stereocenters. The van der Waals surface area contributed by atoms with Gasteiger partial charge >= 0.3 is 6.09 Å². The van der Waals surface area contributed by atoms with Crippen LogP contribution in [0.5, 0.6) is 0 Å². The van der Waals surface area contributed by atoms with Crippen molar-refractivity contribution in [3.05, 3.63) is 35.3 Å². The van der Waals surface area contributed by atoms with Crippen LogP contribution in [0.2, 0.25) is 0 Å². The molecule has 134 valence electrons. The third-order valence-electron chi connectivity index (χ3n) is 3.00. The van der Waals surface area contributed by atoms with E-state index in [-0.39, 0.29) is 18.2 Å². The lowest BCUT2D eigenvalue weighted by Gasteiger charge is -2.06. The van der Waals surface area contributed by atoms with Gasteiger partial charge in [-0.3, -0.25) is 10.1 Å². The molecule has 0 unspecified atom stereocenters. The number of ether oxygens (including phenoxy) is 1. The first-order valence-electron chi connectivity index (χ1n) is 7.78. The van der Waals surface area contributed by atoms with Gasteiger partial charge in [0.05, 0.1) is 18.7 Å². The van der Waals surface area contributed by atoms with Gasteiger partial charge in [-0.2, -0.15) is 0 Å². The Hall–Kier alpha value is -2.06. The normalized spacial score (nSPS) is 10.6. The topological polar surface area (TPSA) is 80.3 Å². The maximum atomic E-state index is 12.1. The summed E-state index contributed by atoms with van der Waals surface area (Å²) in [6.07, 6.45) is 1.59. The molecule has 0 aliphatic carbocycles. The van der Waals surface area contributed by atoms with Crippen molar-refractivity contribution in [1.82, 2.24) is 4.98 Å². The molecule has 0 radical (unpaired) electrons. The molecule has 1 heterocycles. The van der Waals surface area contributed by atoms with Gasteiger partial charge in [0.25, 0.3) is 0 Å². The van der Waals surface area contributed by atoms with Crippen molar-refractivity contribution in [3.8, 4) is 0 Å². The zero-order valence-electron chi connectivity index (χ0n) is 14.4. The lowest BCUT2D eigenvalue weighted by atomic mass is 10.2. The summed E-state index contributed by atoms with van der Waals surface area (Å²) in [7, 11) is 0. The number of benzene rings is 1. The highest BCUT2D eigenvalue weighted by molar-refractivity contribution is 7.98. The van der Waals surface area contributed by atoms with Crippen molar-refractivity contribution < 1.29 is 14.3 Å². The van der Waals surface area contributed by atoms with E-state index in [0.717, 1.165) is 10.6 Å². The van der Waals surface area contributed by atoms with Crippen LogP contribution in [0, 0.1) is 5.92 Å². The van der Waals surface area contributed by atoms with E-state index in [1.165, 1.54) is 11.3 Å². The van der Waals surface area contributed by atoms with Crippen molar-refractivity contribution >= 4 is 45.9 Å². The summed E-state index contributed by atoms with van der Waals surface area (Å²) >= 11 is 2.87. The molecule has 1 aromatic carbocycles. The second-order valence-electron chi connectivity index (χ2n) is 5.72. The molecule has 2 N–H and O–H groups in total. The summed E-state index contributed by atoms with van der Waals surface area (Å²) in [6, 6.07) is 7.64. The van der Waals surface area contributed by atoms with Gasteiger partial charge in [-0.1, -0.05) is 19.9 Å².